The summed E-state index contributed by atoms with van der Waals surface area (Å²) in [6, 6.07) is 10.8. The third kappa shape index (κ3) is 12.8. The van der Waals surface area contributed by atoms with E-state index in [2.05, 4.69) is 36.4 Å². The van der Waals surface area contributed by atoms with Gasteiger partial charge in [0.15, 0.2) is 0 Å². The molecule has 0 spiro atoms. The van der Waals surface area contributed by atoms with Gasteiger partial charge < -0.3 is 0 Å². The topological polar surface area (TPSA) is 17.1 Å². The molecule has 1 aromatic carbocycles. The molecule has 1 rings (SSSR count). The number of aryl methyl sites for hydroxylation is 1. The summed E-state index contributed by atoms with van der Waals surface area (Å²) in [6.07, 6.45) is 19.4. The van der Waals surface area contributed by atoms with E-state index in [-0.39, 0.29) is 5.78 Å². The lowest BCUT2D eigenvalue weighted by atomic mass is 10.0. The Morgan fingerprint density at radius 2 is 1.35 bits per heavy atom. The normalized spacial score (nSPS) is 11.2. The van der Waals surface area contributed by atoms with Crippen LogP contribution in [0.25, 0.3) is 0 Å². The Kier molecular flexibility index (Phi) is 12.2. The Hall–Kier alpha value is -1.37. The monoisotopic (exact) mass is 314 g/mol. The van der Waals surface area contributed by atoms with E-state index in [9.17, 15) is 4.79 Å². The molecule has 0 N–H and O–H groups in total. The average Bonchev–Trinajstić information content (AvgIpc) is 2.56. The van der Waals surface area contributed by atoms with Gasteiger partial charge in [-0.15, -0.1) is 0 Å². The third-order valence-corrected chi connectivity index (χ3v) is 4.25. The van der Waals surface area contributed by atoms with Crippen molar-refractivity contribution in [3.63, 3.8) is 0 Å². The highest BCUT2D eigenvalue weighted by Crippen LogP contribution is 2.12. The molecule has 0 aliphatic rings. The van der Waals surface area contributed by atoms with Crippen LogP contribution >= 0.6 is 0 Å². The fourth-order valence-electron chi connectivity index (χ4n) is 2.84. The van der Waals surface area contributed by atoms with Crippen LogP contribution in [0.15, 0.2) is 42.5 Å². The summed E-state index contributed by atoms with van der Waals surface area (Å²) in [6.45, 7) is 1.64. The van der Waals surface area contributed by atoms with Gasteiger partial charge in [0.25, 0.3) is 0 Å². The van der Waals surface area contributed by atoms with Crippen LogP contribution in [-0.2, 0) is 11.2 Å². The first-order valence-electron chi connectivity index (χ1n) is 9.47. The van der Waals surface area contributed by atoms with E-state index in [1.807, 2.05) is 6.08 Å². The van der Waals surface area contributed by atoms with Gasteiger partial charge in [-0.2, -0.15) is 0 Å². The van der Waals surface area contributed by atoms with Gasteiger partial charge in [0, 0.05) is 6.42 Å². The Labute approximate surface area is 143 Å². The first-order valence-corrected chi connectivity index (χ1v) is 9.47. The number of allylic oxidation sites excluding steroid dienone is 2. The summed E-state index contributed by atoms with van der Waals surface area (Å²) in [5.74, 6) is 0.255. The summed E-state index contributed by atoms with van der Waals surface area (Å²) in [7, 11) is 0. The highest BCUT2D eigenvalue weighted by molar-refractivity contribution is 5.76. The fourth-order valence-corrected chi connectivity index (χ4v) is 2.84. The molecule has 0 radical (unpaired) electrons. The number of rotatable bonds is 14. The Bertz CT molecular complexity index is 419. The zero-order valence-electron chi connectivity index (χ0n) is 14.9. The number of carbonyl (C=O) groups is 1. The highest BCUT2D eigenvalue weighted by atomic mass is 16.1. The number of hydrogen-bond acceptors (Lipinski definition) is 1. The Morgan fingerprint density at radius 3 is 1.96 bits per heavy atom. The van der Waals surface area contributed by atoms with E-state index in [1.54, 1.807) is 6.92 Å². The van der Waals surface area contributed by atoms with Crippen LogP contribution < -0.4 is 0 Å². The number of benzene rings is 1. The van der Waals surface area contributed by atoms with Crippen LogP contribution in [0.3, 0.4) is 0 Å². The van der Waals surface area contributed by atoms with Crippen molar-refractivity contribution in [3.05, 3.63) is 48.0 Å². The van der Waals surface area contributed by atoms with E-state index in [4.69, 9.17) is 0 Å². The van der Waals surface area contributed by atoms with Gasteiger partial charge in [0.2, 0.25) is 0 Å². The number of Topliss-reactive ketones (excluding diaryl/α,β-unsaturated/α-hetero) is 1. The lowest BCUT2D eigenvalue weighted by molar-refractivity contribution is -0.116. The van der Waals surface area contributed by atoms with Crippen molar-refractivity contribution in [2.45, 2.75) is 84.0 Å². The smallest absolute Gasteiger partial charge is 0.133 e. The SMILES string of the molecule is CC(=O)CC=CCCCCCCCCCCCc1ccccc1. The fraction of sp³-hybridized carbons (Fsp3) is 0.591. The number of ketones is 1. The number of hydrogen-bond donors (Lipinski definition) is 0. The molecule has 0 bridgehead atoms. The second kappa shape index (κ2) is 14.2. The molecule has 0 saturated carbocycles. The summed E-state index contributed by atoms with van der Waals surface area (Å²) in [5, 5.41) is 0. The minimum Gasteiger partial charge on any atom is -0.300 e. The lowest BCUT2D eigenvalue weighted by Crippen LogP contribution is -1.86. The van der Waals surface area contributed by atoms with E-state index in [0.29, 0.717) is 6.42 Å². The standard InChI is InChI=1S/C22H34O/c1-21(23)17-13-10-8-6-4-2-3-5-7-9-11-14-18-22-19-15-12-16-20-22/h10,12-13,15-16,19-20H,2-9,11,14,17-18H2,1H3. The molecule has 0 amide bonds. The minimum atomic E-state index is 0.255. The lowest BCUT2D eigenvalue weighted by Gasteiger charge is -2.03. The quantitative estimate of drug-likeness (QED) is 0.277. The third-order valence-electron chi connectivity index (χ3n) is 4.25. The maximum absolute atomic E-state index is 10.8. The first kappa shape index (κ1) is 19.7. The number of carbonyl (C=O) groups excluding carboxylic acids is 1. The Balaban J connectivity index is 1.78. The zero-order valence-corrected chi connectivity index (χ0v) is 14.9. The molecule has 1 aromatic rings. The largest absolute Gasteiger partial charge is 0.300 e. The summed E-state index contributed by atoms with van der Waals surface area (Å²) in [4.78, 5) is 10.8. The van der Waals surface area contributed by atoms with Gasteiger partial charge in [0.1, 0.15) is 5.78 Å². The van der Waals surface area contributed by atoms with Gasteiger partial charge in [-0.05, 0) is 38.2 Å². The second-order valence-electron chi connectivity index (χ2n) is 6.58. The van der Waals surface area contributed by atoms with Crippen molar-refractivity contribution in [1.82, 2.24) is 0 Å². The molecule has 1 nitrogen and oxygen atoms in total. The zero-order chi connectivity index (χ0) is 16.6. The van der Waals surface area contributed by atoms with Crippen LogP contribution in [-0.4, -0.2) is 5.78 Å². The molecule has 0 atom stereocenters. The van der Waals surface area contributed by atoms with Gasteiger partial charge >= 0.3 is 0 Å². The van der Waals surface area contributed by atoms with Gasteiger partial charge in [-0.3, -0.25) is 4.79 Å². The van der Waals surface area contributed by atoms with Crippen molar-refractivity contribution in [2.75, 3.05) is 0 Å². The Morgan fingerprint density at radius 1 is 0.783 bits per heavy atom. The van der Waals surface area contributed by atoms with Gasteiger partial charge in [-0.25, -0.2) is 0 Å². The average molecular weight is 315 g/mol. The number of unbranched alkanes of at least 4 members (excludes halogenated alkanes) is 9. The van der Waals surface area contributed by atoms with Crippen molar-refractivity contribution >= 4 is 5.78 Å². The predicted octanol–water partition coefficient (Wildman–Crippen LogP) is 6.67. The highest BCUT2D eigenvalue weighted by Gasteiger charge is 1.94. The maximum atomic E-state index is 10.8. The van der Waals surface area contributed by atoms with Crippen LogP contribution in [0.2, 0.25) is 0 Å². The van der Waals surface area contributed by atoms with Crippen molar-refractivity contribution < 1.29 is 4.79 Å². The molecule has 0 fully saturated rings. The minimum absolute atomic E-state index is 0.255. The van der Waals surface area contributed by atoms with Crippen LogP contribution in [0, 0.1) is 0 Å². The predicted molar refractivity (Wildman–Crippen MR) is 101 cm³/mol. The first-order chi connectivity index (χ1) is 11.3. The summed E-state index contributed by atoms with van der Waals surface area (Å²) >= 11 is 0. The van der Waals surface area contributed by atoms with E-state index in [1.165, 1.54) is 69.8 Å². The van der Waals surface area contributed by atoms with E-state index >= 15 is 0 Å². The molecule has 23 heavy (non-hydrogen) atoms. The maximum Gasteiger partial charge on any atom is 0.133 e. The van der Waals surface area contributed by atoms with Crippen LogP contribution in [0.5, 0.6) is 0 Å². The van der Waals surface area contributed by atoms with E-state index in [0.717, 1.165) is 6.42 Å². The second-order valence-corrected chi connectivity index (χ2v) is 6.58. The summed E-state index contributed by atoms with van der Waals surface area (Å²) < 4.78 is 0. The summed E-state index contributed by atoms with van der Waals surface area (Å²) in [5.41, 5.74) is 1.48. The van der Waals surface area contributed by atoms with Crippen LogP contribution in [0.1, 0.15) is 83.1 Å². The van der Waals surface area contributed by atoms with Gasteiger partial charge in [-0.1, -0.05) is 87.4 Å². The molecule has 128 valence electrons. The molecule has 0 unspecified atom stereocenters. The molecule has 0 heterocycles. The van der Waals surface area contributed by atoms with Gasteiger partial charge in [0.05, 0.1) is 0 Å². The molecule has 0 aliphatic carbocycles. The van der Waals surface area contributed by atoms with Crippen molar-refractivity contribution in [2.24, 2.45) is 0 Å². The molecule has 0 saturated heterocycles. The molecule has 1 heteroatoms. The van der Waals surface area contributed by atoms with E-state index < -0.39 is 0 Å². The van der Waals surface area contributed by atoms with Crippen molar-refractivity contribution in [3.8, 4) is 0 Å². The van der Waals surface area contributed by atoms with Crippen LogP contribution in [0.4, 0.5) is 0 Å². The van der Waals surface area contributed by atoms with Crippen molar-refractivity contribution in [1.29, 1.82) is 0 Å². The molecule has 0 aromatic heterocycles. The molecule has 0 aliphatic heterocycles. The molecular formula is C22H34O. The molecular weight excluding hydrogens is 280 g/mol.